The van der Waals surface area contributed by atoms with Crippen LogP contribution in [0.3, 0.4) is 0 Å². The van der Waals surface area contributed by atoms with Crippen LogP contribution in [0.25, 0.3) is 0 Å². The summed E-state index contributed by atoms with van der Waals surface area (Å²) < 4.78 is 0. The van der Waals surface area contributed by atoms with Crippen LogP contribution in [0, 0.1) is 15.3 Å². The van der Waals surface area contributed by atoms with Crippen molar-refractivity contribution in [3.8, 4) is 0 Å². The van der Waals surface area contributed by atoms with Crippen molar-refractivity contribution in [3.63, 3.8) is 0 Å². The van der Waals surface area contributed by atoms with Gasteiger partial charge in [0.2, 0.25) is 0 Å². The first kappa shape index (κ1) is 27.9. The van der Waals surface area contributed by atoms with Gasteiger partial charge in [0.25, 0.3) is 5.09 Å². The maximum atomic E-state index is 12.4. The van der Waals surface area contributed by atoms with Crippen molar-refractivity contribution >= 4 is 11.7 Å². The number of carbonyl (C=O) groups is 1. The summed E-state index contributed by atoms with van der Waals surface area (Å²) in [6.45, 7) is 7.59. The molecule has 1 aliphatic heterocycles. The fourth-order valence-electron chi connectivity index (χ4n) is 4.22. The Labute approximate surface area is 202 Å². The van der Waals surface area contributed by atoms with Gasteiger partial charge in [-0.15, -0.1) is 10.1 Å². The van der Waals surface area contributed by atoms with Crippen LogP contribution in [0.1, 0.15) is 81.5 Å². The van der Waals surface area contributed by atoms with Crippen LogP contribution in [0.5, 0.6) is 0 Å². The van der Waals surface area contributed by atoms with E-state index in [4.69, 9.17) is 0 Å². The molecule has 1 aliphatic rings. The topological polar surface area (TPSA) is 116 Å². The highest BCUT2D eigenvalue weighted by atomic mass is 16.9. The average Bonchev–Trinajstić information content (AvgIpc) is 2.86. The minimum atomic E-state index is -0.742. The van der Waals surface area contributed by atoms with Gasteiger partial charge in [-0.25, -0.2) is 9.78 Å². The van der Waals surface area contributed by atoms with E-state index in [1.54, 1.807) is 6.07 Å². The number of aromatic nitrogens is 1. The second-order valence-corrected chi connectivity index (χ2v) is 8.92. The number of pyridine rings is 1. The van der Waals surface area contributed by atoms with Crippen molar-refractivity contribution in [1.82, 2.24) is 9.88 Å². The molecule has 1 fully saturated rings. The van der Waals surface area contributed by atoms with Crippen LogP contribution in [0.4, 0.5) is 5.82 Å². The molecule has 0 spiro atoms. The number of nitrogens with one attached hydrogen (secondary N) is 1. The van der Waals surface area contributed by atoms with E-state index in [0.717, 1.165) is 103 Å². The second kappa shape index (κ2) is 16.3. The largest absolute Gasteiger partial charge is 0.626 e. The fraction of sp³-hybridized carbons (Fsp3) is 0.750. The molecule has 1 amide bonds. The van der Waals surface area contributed by atoms with Crippen LogP contribution in [0.2, 0.25) is 0 Å². The maximum Gasteiger partial charge on any atom is 0.345 e. The molecule has 1 atom stereocenters. The number of anilines is 1. The minimum Gasteiger partial charge on any atom is -0.626 e. The number of likely N-dealkylation sites (N-methyl/N-ethyl adjacent to an activating group) is 1. The lowest BCUT2D eigenvalue weighted by atomic mass is 10.1. The third-order valence-electron chi connectivity index (χ3n) is 6.40. The Morgan fingerprint density at radius 3 is 2.12 bits per heavy atom. The molecule has 2 heterocycles. The second-order valence-electron chi connectivity index (χ2n) is 8.92. The zero-order valence-electron chi connectivity index (χ0n) is 20.6. The van der Waals surface area contributed by atoms with E-state index in [1.165, 1.54) is 6.20 Å². The van der Waals surface area contributed by atoms with Gasteiger partial charge in [-0.05, 0) is 37.9 Å². The van der Waals surface area contributed by atoms with Gasteiger partial charge in [0, 0.05) is 32.4 Å². The first-order valence-corrected chi connectivity index (χ1v) is 12.8. The lowest BCUT2D eigenvalue weighted by Crippen LogP contribution is -3.10. The molecule has 0 aliphatic carbocycles. The Morgan fingerprint density at radius 1 is 1.00 bits per heavy atom. The Bertz CT molecular complexity index is 710. The van der Waals surface area contributed by atoms with E-state index in [-0.39, 0.29) is 11.7 Å². The third-order valence-corrected chi connectivity index (χ3v) is 6.40. The SMILES string of the molecule is CCN1CCN(c2ccc(C(=O)[NH+]([O-])CCCCCCCCCCCCO[N+](=O)[O-])cn2)CC1. The van der Waals surface area contributed by atoms with Crippen molar-refractivity contribution in [2.24, 2.45) is 0 Å². The fourth-order valence-corrected chi connectivity index (χ4v) is 4.22. The lowest BCUT2D eigenvalue weighted by Gasteiger charge is -2.34. The van der Waals surface area contributed by atoms with Crippen molar-refractivity contribution in [1.29, 1.82) is 0 Å². The van der Waals surface area contributed by atoms with Crippen molar-refractivity contribution in [2.45, 2.75) is 71.1 Å². The van der Waals surface area contributed by atoms with Crippen LogP contribution < -0.4 is 9.96 Å². The predicted octanol–water partition coefficient (Wildman–Crippen LogP) is 2.86. The summed E-state index contributed by atoms with van der Waals surface area (Å²) in [7, 11) is 0. The summed E-state index contributed by atoms with van der Waals surface area (Å²) in [5, 5.41) is 21.2. The van der Waals surface area contributed by atoms with E-state index >= 15 is 0 Å². The van der Waals surface area contributed by atoms with Crippen molar-refractivity contribution in [2.75, 3.05) is 50.8 Å². The molecule has 34 heavy (non-hydrogen) atoms. The zero-order valence-corrected chi connectivity index (χ0v) is 20.6. The Hall–Kier alpha value is -2.30. The minimum absolute atomic E-state index is 0.187. The van der Waals surface area contributed by atoms with Crippen molar-refractivity contribution in [3.05, 3.63) is 39.2 Å². The lowest BCUT2D eigenvalue weighted by molar-refractivity contribution is -0.757. The molecule has 1 unspecified atom stereocenters. The van der Waals surface area contributed by atoms with Gasteiger partial charge in [0.1, 0.15) is 5.82 Å². The molecular formula is C24H41N5O5. The molecular weight excluding hydrogens is 438 g/mol. The molecule has 10 heteroatoms. The highest BCUT2D eigenvalue weighted by molar-refractivity contribution is 5.87. The molecule has 0 bridgehead atoms. The van der Waals surface area contributed by atoms with Crippen LogP contribution in [-0.2, 0) is 4.84 Å². The maximum absolute atomic E-state index is 12.4. The number of hydrogen-bond donors (Lipinski definition) is 1. The molecule has 10 nitrogen and oxygen atoms in total. The number of quaternary nitrogens is 1. The molecule has 1 saturated heterocycles. The van der Waals surface area contributed by atoms with Gasteiger partial charge in [0.05, 0.1) is 18.7 Å². The summed E-state index contributed by atoms with van der Waals surface area (Å²) in [4.78, 5) is 35.8. The number of carbonyl (C=O) groups excluding carboxylic acids is 1. The number of nitrogens with zero attached hydrogens (tertiary/aromatic N) is 4. The molecule has 0 radical (unpaired) electrons. The van der Waals surface area contributed by atoms with Crippen LogP contribution >= 0.6 is 0 Å². The van der Waals surface area contributed by atoms with E-state index in [1.807, 2.05) is 6.07 Å². The number of hydroxylamine groups is 2. The summed E-state index contributed by atoms with van der Waals surface area (Å²) in [5.41, 5.74) is 0.380. The molecule has 2 rings (SSSR count). The smallest absolute Gasteiger partial charge is 0.345 e. The van der Waals surface area contributed by atoms with Gasteiger partial charge >= 0.3 is 5.91 Å². The number of piperazine rings is 1. The quantitative estimate of drug-likeness (QED) is 0.206. The Kier molecular flexibility index (Phi) is 13.4. The number of amides is 1. The van der Waals surface area contributed by atoms with Gasteiger partial charge in [-0.1, -0.05) is 51.9 Å². The summed E-state index contributed by atoms with van der Waals surface area (Å²) in [6, 6.07) is 3.58. The van der Waals surface area contributed by atoms with E-state index in [2.05, 4.69) is 26.5 Å². The highest BCUT2D eigenvalue weighted by Crippen LogP contribution is 2.14. The number of hydrogen-bond acceptors (Lipinski definition) is 8. The normalized spacial score (nSPS) is 15.3. The third kappa shape index (κ3) is 10.8. The summed E-state index contributed by atoms with van der Waals surface area (Å²) in [5.74, 6) is 0.432. The first-order chi connectivity index (χ1) is 16.5. The van der Waals surface area contributed by atoms with E-state index in [0.29, 0.717) is 12.1 Å². The number of rotatable bonds is 17. The van der Waals surface area contributed by atoms with E-state index < -0.39 is 11.0 Å². The molecule has 1 aromatic heterocycles. The number of unbranched alkanes of at least 4 members (excludes halogenated alkanes) is 9. The van der Waals surface area contributed by atoms with Crippen LogP contribution in [-0.4, -0.2) is 66.8 Å². The molecule has 192 valence electrons. The standard InChI is InChI=1S/C24H41N5O5/c1-2-26-16-18-27(19-17-26)23-14-13-22(21-25-23)24(30)28(31)15-11-9-7-5-3-4-6-8-10-12-20-34-29(32)33/h13-14,21,28H,2-12,15-20H2,1H3. The van der Waals surface area contributed by atoms with Gasteiger partial charge < -0.3 is 24.9 Å². The van der Waals surface area contributed by atoms with Gasteiger partial charge in [0.15, 0.2) is 0 Å². The highest BCUT2D eigenvalue weighted by Gasteiger charge is 2.19. The van der Waals surface area contributed by atoms with Gasteiger partial charge in [-0.2, -0.15) is 0 Å². The Balaban J connectivity index is 1.50. The molecule has 1 N–H and O–H groups in total. The average molecular weight is 480 g/mol. The van der Waals surface area contributed by atoms with Gasteiger partial charge in [-0.3, -0.25) is 0 Å². The van der Waals surface area contributed by atoms with E-state index in [9.17, 15) is 20.1 Å². The first-order valence-electron chi connectivity index (χ1n) is 12.8. The monoisotopic (exact) mass is 479 g/mol. The molecule has 0 aromatic carbocycles. The Morgan fingerprint density at radius 2 is 1.59 bits per heavy atom. The summed E-state index contributed by atoms with van der Waals surface area (Å²) in [6.07, 6.45) is 11.6. The van der Waals surface area contributed by atoms with Crippen molar-refractivity contribution < 1.29 is 19.8 Å². The molecule has 1 aromatic rings. The van der Waals surface area contributed by atoms with Crippen LogP contribution in [0.15, 0.2) is 18.3 Å². The predicted molar refractivity (Wildman–Crippen MR) is 131 cm³/mol. The zero-order chi connectivity index (χ0) is 24.6. The summed E-state index contributed by atoms with van der Waals surface area (Å²) >= 11 is 0. The molecule has 0 saturated carbocycles.